The molecule has 2 amide bonds. The van der Waals surface area contributed by atoms with Gasteiger partial charge in [0.05, 0.1) is 17.2 Å². The van der Waals surface area contributed by atoms with Crippen molar-refractivity contribution < 1.29 is 9.59 Å². The van der Waals surface area contributed by atoms with Gasteiger partial charge in [0.25, 0.3) is 11.5 Å². The molecule has 0 saturated heterocycles. The summed E-state index contributed by atoms with van der Waals surface area (Å²) in [6.45, 7) is 0.161. The number of halogens is 1. The molecule has 3 rings (SSSR count). The molecule has 0 atom stereocenters. The number of benzene rings is 1. The summed E-state index contributed by atoms with van der Waals surface area (Å²) < 4.78 is 3.77. The number of nitrogens with one attached hydrogen (secondary N) is 2. The van der Waals surface area contributed by atoms with Gasteiger partial charge in [-0.1, -0.05) is 12.1 Å². The summed E-state index contributed by atoms with van der Waals surface area (Å²) in [6.07, 6.45) is 3.17. The minimum Gasteiger partial charge on any atom is -0.345 e. The Balaban J connectivity index is 1.58. The van der Waals surface area contributed by atoms with Gasteiger partial charge in [0, 0.05) is 30.7 Å². The summed E-state index contributed by atoms with van der Waals surface area (Å²) in [5.41, 5.74) is 5.49. The lowest BCUT2D eigenvalue weighted by Gasteiger charge is -2.09. The van der Waals surface area contributed by atoms with Crippen molar-refractivity contribution >= 4 is 38.6 Å². The smallest absolute Gasteiger partial charge is 0.286 e. The largest absolute Gasteiger partial charge is 0.345 e. The Morgan fingerprint density at radius 2 is 2.00 bits per heavy atom. The van der Waals surface area contributed by atoms with Crippen molar-refractivity contribution in [2.75, 3.05) is 0 Å². The fraction of sp³-hybridized carbons (Fsp3) is 0.176. The van der Waals surface area contributed by atoms with Crippen LogP contribution in [0.3, 0.4) is 0 Å². The first-order chi connectivity index (χ1) is 12.5. The maximum atomic E-state index is 12.3. The van der Waals surface area contributed by atoms with E-state index < -0.39 is 11.8 Å². The molecule has 9 heteroatoms. The number of amides is 2. The van der Waals surface area contributed by atoms with Gasteiger partial charge in [0.2, 0.25) is 5.91 Å². The van der Waals surface area contributed by atoms with E-state index >= 15 is 0 Å². The van der Waals surface area contributed by atoms with E-state index in [4.69, 9.17) is 0 Å². The lowest BCUT2D eigenvalue weighted by atomic mass is 10.2. The molecule has 0 aliphatic carbocycles. The highest BCUT2D eigenvalue weighted by molar-refractivity contribution is 9.10. The highest BCUT2D eigenvalue weighted by Crippen LogP contribution is 2.13. The first-order valence-corrected chi connectivity index (χ1v) is 8.60. The zero-order valence-corrected chi connectivity index (χ0v) is 15.5. The molecule has 2 N–H and O–H groups in total. The van der Waals surface area contributed by atoms with E-state index in [0.29, 0.717) is 16.6 Å². The molecule has 2 heterocycles. The van der Waals surface area contributed by atoms with Crippen LogP contribution in [-0.4, -0.2) is 25.9 Å². The van der Waals surface area contributed by atoms with E-state index in [1.54, 1.807) is 48.1 Å². The topological polar surface area (TPSA) is 98.0 Å². The Morgan fingerprint density at radius 1 is 1.23 bits per heavy atom. The Hall–Kier alpha value is -2.94. The molecule has 0 spiro atoms. The van der Waals surface area contributed by atoms with Crippen molar-refractivity contribution in [1.82, 2.24) is 25.0 Å². The molecule has 0 unspecified atom stereocenters. The minimum atomic E-state index is -0.434. The SMILES string of the molecule is Cn1cc(Br)cc1C(=O)NNC(=O)CCn1cnc2ccccc2c1=O. The quantitative estimate of drug-likeness (QED) is 0.625. The van der Waals surface area contributed by atoms with Gasteiger partial charge in [0.1, 0.15) is 5.69 Å². The monoisotopic (exact) mass is 417 g/mol. The van der Waals surface area contributed by atoms with Crippen LogP contribution in [0.4, 0.5) is 0 Å². The average molecular weight is 418 g/mol. The van der Waals surface area contributed by atoms with Gasteiger partial charge in [-0.15, -0.1) is 0 Å². The van der Waals surface area contributed by atoms with Crippen molar-refractivity contribution in [3.63, 3.8) is 0 Å². The van der Waals surface area contributed by atoms with Gasteiger partial charge in [0.15, 0.2) is 0 Å². The van der Waals surface area contributed by atoms with Gasteiger partial charge in [-0.05, 0) is 34.1 Å². The molecule has 134 valence electrons. The summed E-state index contributed by atoms with van der Waals surface area (Å²) in [4.78, 5) is 40.5. The number of hydrogen-bond donors (Lipinski definition) is 2. The molecule has 2 aromatic heterocycles. The van der Waals surface area contributed by atoms with Crippen molar-refractivity contribution in [3.05, 3.63) is 63.4 Å². The number of hydrogen-bond acceptors (Lipinski definition) is 4. The minimum absolute atomic E-state index is 0.0248. The fourth-order valence-corrected chi connectivity index (χ4v) is 3.01. The molecule has 0 aliphatic rings. The normalized spacial score (nSPS) is 10.7. The van der Waals surface area contributed by atoms with Gasteiger partial charge in [-0.2, -0.15) is 0 Å². The van der Waals surface area contributed by atoms with Crippen LogP contribution in [0.15, 0.2) is 52.1 Å². The molecule has 1 aromatic carbocycles. The lowest BCUT2D eigenvalue weighted by molar-refractivity contribution is -0.122. The molecule has 8 nitrogen and oxygen atoms in total. The third-order valence-electron chi connectivity index (χ3n) is 3.83. The van der Waals surface area contributed by atoms with Crippen molar-refractivity contribution in [2.24, 2.45) is 7.05 Å². The second-order valence-corrected chi connectivity index (χ2v) is 6.58. The molecule has 0 fully saturated rings. The van der Waals surface area contributed by atoms with E-state index in [1.807, 2.05) is 0 Å². The van der Waals surface area contributed by atoms with Crippen LogP contribution in [0.5, 0.6) is 0 Å². The van der Waals surface area contributed by atoms with E-state index in [-0.39, 0.29) is 18.5 Å². The first kappa shape index (κ1) is 17.9. The average Bonchev–Trinajstić information content (AvgIpc) is 2.97. The van der Waals surface area contributed by atoms with Crippen molar-refractivity contribution in [2.45, 2.75) is 13.0 Å². The number of hydrazine groups is 1. The van der Waals surface area contributed by atoms with E-state index in [1.165, 1.54) is 10.9 Å². The number of aryl methyl sites for hydroxylation is 2. The van der Waals surface area contributed by atoms with Crippen LogP contribution >= 0.6 is 15.9 Å². The number of nitrogens with zero attached hydrogens (tertiary/aromatic N) is 3. The molecule has 0 bridgehead atoms. The highest BCUT2D eigenvalue weighted by Gasteiger charge is 2.12. The van der Waals surface area contributed by atoms with Crippen molar-refractivity contribution in [1.29, 1.82) is 0 Å². The predicted molar refractivity (Wildman–Crippen MR) is 99.3 cm³/mol. The molecule has 0 saturated carbocycles. The Labute approximate surface area is 156 Å². The molecule has 26 heavy (non-hydrogen) atoms. The number of fused-ring (bicyclic) bond motifs is 1. The molecule has 0 aliphatic heterocycles. The second kappa shape index (κ2) is 7.52. The number of aromatic nitrogens is 3. The Kier molecular flexibility index (Phi) is 5.17. The number of rotatable bonds is 4. The number of carbonyl (C=O) groups is 2. The number of carbonyl (C=O) groups excluding carboxylic acids is 2. The Bertz CT molecular complexity index is 1040. The van der Waals surface area contributed by atoms with Crippen LogP contribution in [0, 0.1) is 0 Å². The van der Waals surface area contributed by atoms with Gasteiger partial charge in [-0.3, -0.25) is 29.8 Å². The summed E-state index contributed by atoms with van der Waals surface area (Å²) in [5.74, 6) is -0.845. The number of para-hydroxylation sites is 1. The van der Waals surface area contributed by atoms with Crippen LogP contribution in [0.25, 0.3) is 10.9 Å². The summed E-state index contributed by atoms with van der Waals surface area (Å²) in [5, 5.41) is 0.498. The zero-order valence-electron chi connectivity index (χ0n) is 13.9. The van der Waals surface area contributed by atoms with Crippen LogP contribution < -0.4 is 16.4 Å². The summed E-state index contributed by atoms with van der Waals surface area (Å²) in [6, 6.07) is 8.66. The predicted octanol–water partition coefficient (Wildman–Crippen LogP) is 1.35. The zero-order chi connectivity index (χ0) is 18.7. The summed E-state index contributed by atoms with van der Waals surface area (Å²) in [7, 11) is 1.72. The fourth-order valence-electron chi connectivity index (χ4n) is 2.49. The maximum Gasteiger partial charge on any atom is 0.286 e. The molecule has 3 aromatic rings. The third kappa shape index (κ3) is 3.83. The Morgan fingerprint density at radius 3 is 2.73 bits per heavy atom. The van der Waals surface area contributed by atoms with Crippen LogP contribution in [-0.2, 0) is 18.4 Å². The molecular weight excluding hydrogens is 402 g/mol. The highest BCUT2D eigenvalue weighted by atomic mass is 79.9. The van der Waals surface area contributed by atoms with Gasteiger partial charge >= 0.3 is 0 Å². The molecular formula is C17H16BrN5O3. The van der Waals surface area contributed by atoms with E-state index in [0.717, 1.165) is 4.47 Å². The molecule has 0 radical (unpaired) electrons. The van der Waals surface area contributed by atoms with Gasteiger partial charge in [-0.25, -0.2) is 4.98 Å². The van der Waals surface area contributed by atoms with Crippen LogP contribution in [0.1, 0.15) is 16.9 Å². The van der Waals surface area contributed by atoms with Crippen molar-refractivity contribution in [3.8, 4) is 0 Å². The van der Waals surface area contributed by atoms with E-state index in [2.05, 4.69) is 31.8 Å². The van der Waals surface area contributed by atoms with Gasteiger partial charge < -0.3 is 4.57 Å². The lowest BCUT2D eigenvalue weighted by Crippen LogP contribution is -2.42. The second-order valence-electron chi connectivity index (χ2n) is 5.67. The van der Waals surface area contributed by atoms with Crippen LogP contribution in [0.2, 0.25) is 0 Å². The van der Waals surface area contributed by atoms with E-state index in [9.17, 15) is 14.4 Å². The maximum absolute atomic E-state index is 12.3. The third-order valence-corrected chi connectivity index (χ3v) is 4.26. The summed E-state index contributed by atoms with van der Waals surface area (Å²) >= 11 is 3.28. The standard InChI is InChI=1S/C17H16BrN5O3/c1-22-9-11(18)8-14(22)16(25)21-20-15(24)6-7-23-10-19-13-5-3-2-4-12(13)17(23)26/h2-5,8-10H,6-7H2,1H3,(H,20,24)(H,21,25). The first-order valence-electron chi connectivity index (χ1n) is 7.81.